The van der Waals surface area contributed by atoms with Crippen LogP contribution in [0.2, 0.25) is 0 Å². The number of hydrogen-bond donors (Lipinski definition) is 1. The van der Waals surface area contributed by atoms with Crippen LogP contribution in [0.15, 0.2) is 64.0 Å². The highest BCUT2D eigenvalue weighted by molar-refractivity contribution is 8.18. The van der Waals surface area contributed by atoms with Crippen LogP contribution in [-0.2, 0) is 4.79 Å². The number of amidine groups is 1. The molecule has 2 aromatic rings. The topological polar surface area (TPSA) is 59.9 Å². The van der Waals surface area contributed by atoms with Crippen molar-refractivity contribution in [3.05, 3.63) is 70.1 Å². The van der Waals surface area contributed by atoms with E-state index < -0.39 is 0 Å². The molecule has 2 heterocycles. The van der Waals surface area contributed by atoms with E-state index in [1.807, 2.05) is 61.5 Å². The van der Waals surface area contributed by atoms with E-state index in [1.54, 1.807) is 7.11 Å². The van der Waals surface area contributed by atoms with Crippen molar-refractivity contribution in [2.45, 2.75) is 6.92 Å². The van der Waals surface area contributed by atoms with Crippen LogP contribution in [-0.4, -0.2) is 24.8 Å². The Hall–Kier alpha value is -2.99. The summed E-state index contributed by atoms with van der Waals surface area (Å²) >= 11 is 1.34. The van der Waals surface area contributed by atoms with Crippen molar-refractivity contribution < 1.29 is 14.3 Å². The fourth-order valence-corrected chi connectivity index (χ4v) is 3.67. The number of benzene rings is 2. The van der Waals surface area contributed by atoms with Gasteiger partial charge >= 0.3 is 0 Å². The van der Waals surface area contributed by atoms with Crippen molar-refractivity contribution >= 4 is 34.6 Å². The Bertz CT molecular complexity index is 1010. The van der Waals surface area contributed by atoms with Crippen molar-refractivity contribution in [1.82, 2.24) is 5.32 Å². The third-order valence-corrected chi connectivity index (χ3v) is 5.17. The summed E-state index contributed by atoms with van der Waals surface area (Å²) in [5.74, 6) is 1.39. The lowest BCUT2D eigenvalue weighted by atomic mass is 10.1. The van der Waals surface area contributed by atoms with Gasteiger partial charge in [0.2, 0.25) is 0 Å². The third-order valence-electron chi connectivity index (χ3n) is 4.26. The quantitative estimate of drug-likeness (QED) is 0.813. The van der Waals surface area contributed by atoms with Gasteiger partial charge in [-0.2, -0.15) is 0 Å². The van der Waals surface area contributed by atoms with Crippen LogP contribution in [0, 0.1) is 6.92 Å². The lowest BCUT2D eigenvalue weighted by molar-refractivity contribution is -0.115. The molecule has 4 rings (SSSR count). The minimum absolute atomic E-state index is 0.145. The first kappa shape index (κ1) is 17.4. The van der Waals surface area contributed by atoms with Gasteiger partial charge in [-0.05, 0) is 60.2 Å². The molecule has 1 amide bonds. The third kappa shape index (κ3) is 3.75. The van der Waals surface area contributed by atoms with Gasteiger partial charge in [-0.25, -0.2) is 4.99 Å². The highest BCUT2D eigenvalue weighted by atomic mass is 32.2. The normalized spacial score (nSPS) is 18.7. The number of para-hydroxylation sites is 1. The average Bonchev–Trinajstić information content (AvgIpc) is 3.02. The van der Waals surface area contributed by atoms with Crippen LogP contribution in [0.3, 0.4) is 0 Å². The summed E-state index contributed by atoms with van der Waals surface area (Å²) in [4.78, 5) is 17.5. The molecule has 0 atom stereocenters. The molecule has 2 aliphatic rings. The van der Waals surface area contributed by atoms with Gasteiger partial charge in [0.25, 0.3) is 5.91 Å². The molecule has 0 radical (unpaired) electrons. The standard InChI is InChI=1S/C21H18N2O3S/c1-13-5-3-4-6-17(13)22-21-23-20(24)19(27-21)10-14-9-15-7-8-16(25-2)11-18(15)26-12-14/h3-11H,12H2,1-2H3,(H,22,23,24)/b19-10+. The van der Waals surface area contributed by atoms with Crippen molar-refractivity contribution in [2.24, 2.45) is 4.99 Å². The SMILES string of the molecule is COc1ccc2c(c1)OCC(/C=C1/SC(=Nc3ccccc3C)NC1=O)=C2. The number of carbonyl (C=O) groups is 1. The van der Waals surface area contributed by atoms with Crippen molar-refractivity contribution in [3.8, 4) is 11.5 Å². The number of thioether (sulfide) groups is 1. The maximum atomic E-state index is 12.3. The molecular weight excluding hydrogens is 360 g/mol. The van der Waals surface area contributed by atoms with E-state index in [4.69, 9.17) is 9.47 Å². The van der Waals surface area contributed by atoms with E-state index in [2.05, 4.69) is 10.3 Å². The Labute approximate surface area is 161 Å². The molecule has 2 aliphatic heterocycles. The van der Waals surface area contributed by atoms with Gasteiger partial charge < -0.3 is 14.8 Å². The number of methoxy groups -OCH3 is 1. The largest absolute Gasteiger partial charge is 0.497 e. The lowest BCUT2D eigenvalue weighted by Crippen LogP contribution is -2.19. The smallest absolute Gasteiger partial charge is 0.264 e. The predicted molar refractivity (Wildman–Crippen MR) is 109 cm³/mol. The second kappa shape index (κ2) is 7.32. The van der Waals surface area contributed by atoms with Gasteiger partial charge in [0, 0.05) is 11.6 Å². The number of aryl methyl sites for hydroxylation is 1. The fourth-order valence-electron chi connectivity index (χ4n) is 2.82. The molecule has 0 saturated carbocycles. The van der Waals surface area contributed by atoms with Crippen molar-refractivity contribution in [3.63, 3.8) is 0 Å². The van der Waals surface area contributed by atoms with Crippen LogP contribution in [0.4, 0.5) is 5.69 Å². The maximum Gasteiger partial charge on any atom is 0.264 e. The number of nitrogens with zero attached hydrogens (tertiary/aromatic N) is 1. The minimum Gasteiger partial charge on any atom is -0.497 e. The number of hydrogen-bond acceptors (Lipinski definition) is 5. The Kier molecular flexibility index (Phi) is 4.73. The molecule has 0 aliphatic carbocycles. The summed E-state index contributed by atoms with van der Waals surface area (Å²) in [5, 5.41) is 3.41. The van der Waals surface area contributed by atoms with Gasteiger partial charge in [0.1, 0.15) is 18.1 Å². The summed E-state index contributed by atoms with van der Waals surface area (Å²) in [6, 6.07) is 13.5. The van der Waals surface area contributed by atoms with E-state index in [1.165, 1.54) is 11.8 Å². The average molecular weight is 378 g/mol. The number of nitrogens with one attached hydrogen (secondary N) is 1. The fraction of sp³-hybridized carbons (Fsp3) is 0.143. The van der Waals surface area contributed by atoms with E-state index in [0.29, 0.717) is 16.7 Å². The molecule has 2 aromatic carbocycles. The molecule has 1 fully saturated rings. The first-order valence-corrected chi connectivity index (χ1v) is 9.30. The summed E-state index contributed by atoms with van der Waals surface area (Å²) < 4.78 is 11.0. The highest BCUT2D eigenvalue weighted by Gasteiger charge is 2.25. The molecule has 0 unspecified atom stereocenters. The van der Waals surface area contributed by atoms with Gasteiger partial charge in [0.15, 0.2) is 5.17 Å². The van der Waals surface area contributed by atoms with E-state index in [9.17, 15) is 4.79 Å². The van der Waals surface area contributed by atoms with Crippen LogP contribution in [0.1, 0.15) is 11.1 Å². The van der Waals surface area contributed by atoms with Gasteiger partial charge in [-0.3, -0.25) is 4.79 Å². The first-order chi connectivity index (χ1) is 13.1. The summed E-state index contributed by atoms with van der Waals surface area (Å²) in [5.41, 5.74) is 3.81. The van der Waals surface area contributed by atoms with Crippen LogP contribution >= 0.6 is 11.8 Å². The zero-order valence-corrected chi connectivity index (χ0v) is 15.8. The summed E-state index contributed by atoms with van der Waals surface area (Å²) in [7, 11) is 1.63. The summed E-state index contributed by atoms with van der Waals surface area (Å²) in [6.45, 7) is 2.40. The Morgan fingerprint density at radius 2 is 2.11 bits per heavy atom. The number of fused-ring (bicyclic) bond motifs is 1. The molecule has 0 aromatic heterocycles. The Morgan fingerprint density at radius 1 is 1.26 bits per heavy atom. The zero-order valence-electron chi connectivity index (χ0n) is 15.0. The number of aliphatic imine (C=N–C) groups is 1. The number of carbonyl (C=O) groups excluding carboxylic acids is 1. The first-order valence-electron chi connectivity index (χ1n) is 8.49. The second-order valence-electron chi connectivity index (χ2n) is 6.18. The van der Waals surface area contributed by atoms with E-state index in [0.717, 1.165) is 33.9 Å². The molecule has 6 heteroatoms. The summed E-state index contributed by atoms with van der Waals surface area (Å²) in [6.07, 6.45) is 3.88. The Balaban J connectivity index is 1.57. The molecule has 136 valence electrons. The second-order valence-corrected chi connectivity index (χ2v) is 7.21. The number of amides is 1. The Morgan fingerprint density at radius 3 is 2.93 bits per heavy atom. The molecule has 1 N–H and O–H groups in total. The predicted octanol–water partition coefficient (Wildman–Crippen LogP) is 4.21. The van der Waals surface area contributed by atoms with Crippen LogP contribution in [0.5, 0.6) is 11.5 Å². The molecule has 1 saturated heterocycles. The van der Waals surface area contributed by atoms with Gasteiger partial charge in [0.05, 0.1) is 17.7 Å². The van der Waals surface area contributed by atoms with Gasteiger partial charge in [-0.1, -0.05) is 18.2 Å². The highest BCUT2D eigenvalue weighted by Crippen LogP contribution is 2.33. The van der Waals surface area contributed by atoms with Crippen LogP contribution < -0.4 is 14.8 Å². The van der Waals surface area contributed by atoms with Crippen molar-refractivity contribution in [2.75, 3.05) is 13.7 Å². The molecule has 0 spiro atoms. The van der Waals surface area contributed by atoms with Gasteiger partial charge in [-0.15, -0.1) is 0 Å². The van der Waals surface area contributed by atoms with E-state index in [-0.39, 0.29) is 5.91 Å². The molecular formula is C21H18N2O3S. The monoisotopic (exact) mass is 378 g/mol. The zero-order chi connectivity index (χ0) is 18.8. The minimum atomic E-state index is -0.145. The number of rotatable bonds is 3. The number of ether oxygens (including phenoxy) is 2. The molecule has 27 heavy (non-hydrogen) atoms. The van der Waals surface area contributed by atoms with E-state index >= 15 is 0 Å². The molecule has 0 bridgehead atoms. The maximum absolute atomic E-state index is 12.3. The van der Waals surface area contributed by atoms with Crippen LogP contribution in [0.25, 0.3) is 6.08 Å². The van der Waals surface area contributed by atoms with Crippen molar-refractivity contribution in [1.29, 1.82) is 0 Å². The molecule has 5 nitrogen and oxygen atoms in total. The lowest BCUT2D eigenvalue weighted by Gasteiger charge is -2.17.